The van der Waals surface area contributed by atoms with E-state index in [1.54, 1.807) is 6.07 Å². The highest BCUT2D eigenvalue weighted by molar-refractivity contribution is 5.87. The maximum Gasteiger partial charge on any atom is 0.374 e. The number of nitrogens with one attached hydrogen (secondary N) is 1. The van der Waals surface area contributed by atoms with E-state index in [0.29, 0.717) is 6.54 Å². The summed E-state index contributed by atoms with van der Waals surface area (Å²) in [6.45, 7) is 3.95. The smallest absolute Gasteiger partial charge is 0.374 e. The lowest BCUT2D eigenvalue weighted by Crippen LogP contribution is -2.44. The lowest BCUT2D eigenvalue weighted by atomic mass is 10.2. The number of rotatable bonds is 5. The van der Waals surface area contributed by atoms with Gasteiger partial charge in [0.2, 0.25) is 5.76 Å². The van der Waals surface area contributed by atoms with Gasteiger partial charge in [-0.05, 0) is 13.1 Å². The summed E-state index contributed by atoms with van der Waals surface area (Å²) in [5.41, 5.74) is 0.832. The molecule has 1 aromatic rings. The van der Waals surface area contributed by atoms with E-state index in [1.165, 1.54) is 13.4 Å². The molecule has 19 heavy (non-hydrogen) atoms. The SMILES string of the molecule is COC(=O)c1occc1CN(C)CC1CNCCO1. The molecular weight excluding hydrogens is 248 g/mol. The Morgan fingerprint density at radius 1 is 1.63 bits per heavy atom. The van der Waals surface area contributed by atoms with Crippen LogP contribution in [0.25, 0.3) is 0 Å². The van der Waals surface area contributed by atoms with Gasteiger partial charge in [0.05, 0.1) is 26.1 Å². The third-order valence-corrected chi connectivity index (χ3v) is 3.08. The van der Waals surface area contributed by atoms with Crippen molar-refractivity contribution in [2.75, 3.05) is 40.4 Å². The summed E-state index contributed by atoms with van der Waals surface area (Å²) in [6.07, 6.45) is 1.70. The third kappa shape index (κ3) is 3.79. The first-order chi connectivity index (χ1) is 9.20. The molecule has 6 nitrogen and oxygen atoms in total. The van der Waals surface area contributed by atoms with Gasteiger partial charge < -0.3 is 19.2 Å². The highest BCUT2D eigenvalue weighted by Crippen LogP contribution is 2.14. The highest BCUT2D eigenvalue weighted by atomic mass is 16.5. The number of hydrogen-bond donors (Lipinski definition) is 1. The molecule has 1 saturated heterocycles. The van der Waals surface area contributed by atoms with Gasteiger partial charge in [-0.2, -0.15) is 0 Å². The van der Waals surface area contributed by atoms with Gasteiger partial charge in [-0.1, -0.05) is 0 Å². The molecule has 0 radical (unpaired) electrons. The average Bonchev–Trinajstić information content (AvgIpc) is 2.87. The van der Waals surface area contributed by atoms with Crippen molar-refractivity contribution >= 4 is 5.97 Å². The molecule has 0 amide bonds. The fourth-order valence-electron chi connectivity index (χ4n) is 2.17. The molecule has 0 aliphatic carbocycles. The topological polar surface area (TPSA) is 63.9 Å². The monoisotopic (exact) mass is 268 g/mol. The van der Waals surface area contributed by atoms with Crippen LogP contribution in [0, 0.1) is 0 Å². The van der Waals surface area contributed by atoms with E-state index >= 15 is 0 Å². The molecule has 0 spiro atoms. The molecule has 1 N–H and O–H groups in total. The first kappa shape index (κ1) is 14.0. The van der Waals surface area contributed by atoms with E-state index < -0.39 is 5.97 Å². The molecule has 1 atom stereocenters. The molecule has 106 valence electrons. The minimum absolute atomic E-state index is 0.187. The molecule has 2 rings (SSSR count). The molecular formula is C13H20N2O4. The van der Waals surface area contributed by atoms with Crippen LogP contribution >= 0.6 is 0 Å². The molecule has 0 saturated carbocycles. The zero-order valence-electron chi connectivity index (χ0n) is 11.3. The summed E-state index contributed by atoms with van der Waals surface area (Å²) >= 11 is 0. The molecule has 0 aromatic carbocycles. The van der Waals surface area contributed by atoms with Crippen molar-refractivity contribution < 1.29 is 18.7 Å². The summed E-state index contributed by atoms with van der Waals surface area (Å²) in [7, 11) is 3.34. The van der Waals surface area contributed by atoms with Crippen LogP contribution in [-0.4, -0.2) is 57.4 Å². The normalized spacial score (nSPS) is 19.6. The van der Waals surface area contributed by atoms with E-state index in [4.69, 9.17) is 9.15 Å². The van der Waals surface area contributed by atoms with Gasteiger partial charge in [-0.25, -0.2) is 4.79 Å². The maximum absolute atomic E-state index is 11.5. The van der Waals surface area contributed by atoms with Crippen LogP contribution in [0.1, 0.15) is 16.1 Å². The van der Waals surface area contributed by atoms with Crippen LogP contribution in [0.3, 0.4) is 0 Å². The Kier molecular flexibility index (Phi) is 4.95. The summed E-state index contributed by atoms with van der Waals surface area (Å²) in [6, 6.07) is 1.79. The number of likely N-dealkylation sites (N-methyl/N-ethyl adjacent to an activating group) is 1. The van der Waals surface area contributed by atoms with Crippen molar-refractivity contribution in [2.24, 2.45) is 0 Å². The molecule has 1 fully saturated rings. The standard InChI is InChI=1S/C13H20N2O4/c1-15(9-11-7-14-4-6-18-11)8-10-3-5-19-12(10)13(16)17-2/h3,5,11,14H,4,6-9H2,1-2H3. The Hall–Kier alpha value is -1.37. The minimum Gasteiger partial charge on any atom is -0.463 e. The molecule has 1 aliphatic heterocycles. The number of nitrogens with zero attached hydrogens (tertiary/aromatic N) is 1. The van der Waals surface area contributed by atoms with Gasteiger partial charge in [-0.15, -0.1) is 0 Å². The summed E-state index contributed by atoms with van der Waals surface area (Å²) in [5, 5.41) is 3.29. The number of morpholine rings is 1. The number of furan rings is 1. The van der Waals surface area contributed by atoms with Crippen LogP contribution in [0.4, 0.5) is 0 Å². The van der Waals surface area contributed by atoms with E-state index in [2.05, 4.69) is 15.0 Å². The lowest BCUT2D eigenvalue weighted by molar-refractivity contribution is 0.00874. The average molecular weight is 268 g/mol. The molecule has 6 heteroatoms. The van der Waals surface area contributed by atoms with Gasteiger partial charge in [0, 0.05) is 31.7 Å². The van der Waals surface area contributed by atoms with E-state index in [1.807, 2.05) is 7.05 Å². The first-order valence-corrected chi connectivity index (χ1v) is 6.36. The number of esters is 1. The Morgan fingerprint density at radius 3 is 3.16 bits per heavy atom. The Balaban J connectivity index is 1.89. The molecule has 1 aliphatic rings. The van der Waals surface area contributed by atoms with Crippen molar-refractivity contribution in [1.29, 1.82) is 0 Å². The van der Waals surface area contributed by atoms with Crippen molar-refractivity contribution in [1.82, 2.24) is 10.2 Å². The highest BCUT2D eigenvalue weighted by Gasteiger charge is 2.19. The second-order valence-electron chi connectivity index (χ2n) is 4.66. The van der Waals surface area contributed by atoms with Crippen molar-refractivity contribution in [3.63, 3.8) is 0 Å². The number of methoxy groups -OCH3 is 1. The van der Waals surface area contributed by atoms with Crippen molar-refractivity contribution in [3.8, 4) is 0 Å². The fourth-order valence-corrected chi connectivity index (χ4v) is 2.17. The van der Waals surface area contributed by atoms with E-state index in [0.717, 1.165) is 31.8 Å². The van der Waals surface area contributed by atoms with Gasteiger partial charge in [0.1, 0.15) is 0 Å². The number of ether oxygens (including phenoxy) is 2. The Bertz CT molecular complexity index is 413. The van der Waals surface area contributed by atoms with E-state index in [-0.39, 0.29) is 11.9 Å². The third-order valence-electron chi connectivity index (χ3n) is 3.08. The molecule has 1 unspecified atom stereocenters. The van der Waals surface area contributed by atoms with Gasteiger partial charge in [-0.3, -0.25) is 4.90 Å². The summed E-state index contributed by atoms with van der Waals surface area (Å²) in [5.74, 6) is -0.166. The zero-order valence-corrected chi connectivity index (χ0v) is 11.3. The second-order valence-corrected chi connectivity index (χ2v) is 4.66. The molecule has 1 aromatic heterocycles. The molecule has 2 heterocycles. The van der Waals surface area contributed by atoms with Crippen molar-refractivity contribution in [2.45, 2.75) is 12.6 Å². The quantitative estimate of drug-likeness (QED) is 0.784. The summed E-state index contributed by atoms with van der Waals surface area (Å²) < 4.78 is 15.5. The Labute approximate surface area is 112 Å². The predicted octanol–water partition coefficient (Wildman–Crippen LogP) is 0.486. The predicted molar refractivity (Wildman–Crippen MR) is 69.0 cm³/mol. The maximum atomic E-state index is 11.5. The summed E-state index contributed by atoms with van der Waals surface area (Å²) in [4.78, 5) is 13.6. The fraction of sp³-hybridized carbons (Fsp3) is 0.615. The minimum atomic E-state index is -0.441. The van der Waals surface area contributed by atoms with Crippen LogP contribution in [0.5, 0.6) is 0 Å². The van der Waals surface area contributed by atoms with Gasteiger partial charge >= 0.3 is 5.97 Å². The first-order valence-electron chi connectivity index (χ1n) is 6.36. The molecule has 0 bridgehead atoms. The number of carbonyl (C=O) groups excluding carboxylic acids is 1. The van der Waals surface area contributed by atoms with E-state index in [9.17, 15) is 4.79 Å². The Morgan fingerprint density at radius 2 is 2.47 bits per heavy atom. The van der Waals surface area contributed by atoms with Crippen LogP contribution < -0.4 is 5.32 Å². The lowest BCUT2D eigenvalue weighted by Gasteiger charge is -2.27. The largest absolute Gasteiger partial charge is 0.463 e. The van der Waals surface area contributed by atoms with Gasteiger partial charge in [0.25, 0.3) is 0 Å². The second kappa shape index (κ2) is 6.70. The number of carbonyl (C=O) groups is 1. The van der Waals surface area contributed by atoms with Gasteiger partial charge in [0.15, 0.2) is 0 Å². The number of hydrogen-bond acceptors (Lipinski definition) is 6. The van der Waals surface area contributed by atoms with Crippen LogP contribution in [0.15, 0.2) is 16.7 Å². The van der Waals surface area contributed by atoms with Crippen molar-refractivity contribution in [3.05, 3.63) is 23.7 Å². The zero-order chi connectivity index (χ0) is 13.7. The van der Waals surface area contributed by atoms with Crippen LogP contribution in [0.2, 0.25) is 0 Å². The van der Waals surface area contributed by atoms with Crippen LogP contribution in [-0.2, 0) is 16.0 Å².